The molecule has 24 heavy (non-hydrogen) atoms. The van der Waals surface area contributed by atoms with Crippen molar-refractivity contribution >= 4 is 21.6 Å². The first-order valence-electron chi connectivity index (χ1n) is 7.47. The van der Waals surface area contributed by atoms with Crippen LogP contribution in [0.5, 0.6) is 11.5 Å². The highest BCUT2D eigenvalue weighted by atomic mass is 32.1. The quantitative estimate of drug-likeness (QED) is 0.744. The maximum atomic E-state index is 12.0. The van der Waals surface area contributed by atoms with Gasteiger partial charge in [-0.1, -0.05) is 12.1 Å². The Kier molecular flexibility index (Phi) is 4.82. The van der Waals surface area contributed by atoms with Crippen LogP contribution in [0, 0.1) is 0 Å². The number of H-pyrrole nitrogens is 1. The van der Waals surface area contributed by atoms with Crippen LogP contribution < -0.4 is 15.0 Å². The Hall–Kier alpha value is -2.38. The lowest BCUT2D eigenvalue weighted by Gasteiger charge is -2.19. The molecule has 0 spiro atoms. The van der Waals surface area contributed by atoms with Crippen LogP contribution >= 0.6 is 11.3 Å². The third kappa shape index (κ3) is 3.27. The molecule has 0 aliphatic carbocycles. The molecule has 3 aromatic rings. The predicted octanol–water partition coefficient (Wildman–Crippen LogP) is 2.63. The van der Waals surface area contributed by atoms with Gasteiger partial charge in [0, 0.05) is 12.1 Å². The Morgan fingerprint density at radius 1 is 1.21 bits per heavy atom. The SMILES string of the molecule is COc1cccc(CN(C)Cc2nc3ccsc3c(=O)[nH]2)c1OC. The minimum atomic E-state index is -0.0858. The average Bonchev–Trinajstić information content (AvgIpc) is 3.03. The summed E-state index contributed by atoms with van der Waals surface area (Å²) in [6.45, 7) is 1.17. The molecule has 0 unspecified atom stereocenters. The van der Waals surface area contributed by atoms with E-state index in [1.165, 1.54) is 11.3 Å². The monoisotopic (exact) mass is 345 g/mol. The second kappa shape index (κ2) is 7.02. The van der Waals surface area contributed by atoms with E-state index in [9.17, 15) is 4.79 Å². The van der Waals surface area contributed by atoms with Gasteiger partial charge in [0.2, 0.25) is 0 Å². The van der Waals surface area contributed by atoms with Gasteiger partial charge in [0.25, 0.3) is 5.56 Å². The van der Waals surface area contributed by atoms with Crippen molar-refractivity contribution in [3.63, 3.8) is 0 Å². The van der Waals surface area contributed by atoms with Crippen LogP contribution in [0.1, 0.15) is 11.4 Å². The molecule has 126 valence electrons. The van der Waals surface area contributed by atoms with Gasteiger partial charge in [0.15, 0.2) is 11.5 Å². The molecule has 6 nitrogen and oxygen atoms in total. The summed E-state index contributed by atoms with van der Waals surface area (Å²) < 4.78 is 11.5. The van der Waals surface area contributed by atoms with Crippen molar-refractivity contribution in [2.45, 2.75) is 13.1 Å². The minimum Gasteiger partial charge on any atom is -0.493 e. The second-order valence-electron chi connectivity index (χ2n) is 5.47. The average molecular weight is 345 g/mol. The molecule has 3 rings (SSSR count). The zero-order valence-corrected chi connectivity index (χ0v) is 14.6. The Bertz CT molecular complexity index is 903. The van der Waals surface area contributed by atoms with Crippen LogP contribution in [0.2, 0.25) is 0 Å². The van der Waals surface area contributed by atoms with Crippen molar-refractivity contribution in [2.24, 2.45) is 0 Å². The van der Waals surface area contributed by atoms with Gasteiger partial charge in [-0.05, 0) is 24.6 Å². The van der Waals surface area contributed by atoms with E-state index in [0.29, 0.717) is 29.4 Å². The van der Waals surface area contributed by atoms with E-state index in [2.05, 4.69) is 14.9 Å². The van der Waals surface area contributed by atoms with Crippen LogP contribution in [-0.2, 0) is 13.1 Å². The Labute approximate surface area is 143 Å². The molecule has 0 bridgehead atoms. The van der Waals surface area contributed by atoms with Gasteiger partial charge in [0.1, 0.15) is 10.5 Å². The number of thiophene rings is 1. The smallest absolute Gasteiger partial charge is 0.268 e. The van der Waals surface area contributed by atoms with E-state index in [-0.39, 0.29) is 5.56 Å². The van der Waals surface area contributed by atoms with Crippen LogP contribution in [-0.4, -0.2) is 36.1 Å². The fraction of sp³-hybridized carbons (Fsp3) is 0.294. The molecule has 0 radical (unpaired) electrons. The lowest BCUT2D eigenvalue weighted by molar-refractivity contribution is 0.297. The first-order valence-corrected chi connectivity index (χ1v) is 8.35. The molecule has 7 heteroatoms. The molecule has 1 N–H and O–H groups in total. The summed E-state index contributed by atoms with van der Waals surface area (Å²) in [6.07, 6.45) is 0. The summed E-state index contributed by atoms with van der Waals surface area (Å²) in [5.74, 6) is 2.08. The number of benzene rings is 1. The largest absolute Gasteiger partial charge is 0.493 e. The summed E-state index contributed by atoms with van der Waals surface area (Å²) in [7, 11) is 5.22. The van der Waals surface area contributed by atoms with Gasteiger partial charge < -0.3 is 14.5 Å². The van der Waals surface area contributed by atoms with E-state index in [0.717, 1.165) is 16.8 Å². The number of nitrogens with one attached hydrogen (secondary N) is 1. The van der Waals surface area contributed by atoms with Crippen molar-refractivity contribution in [3.05, 3.63) is 51.4 Å². The first-order chi connectivity index (χ1) is 11.6. The van der Waals surface area contributed by atoms with Crippen molar-refractivity contribution in [1.82, 2.24) is 14.9 Å². The molecule has 2 heterocycles. The zero-order chi connectivity index (χ0) is 17.1. The van der Waals surface area contributed by atoms with E-state index >= 15 is 0 Å². The lowest BCUT2D eigenvalue weighted by Crippen LogP contribution is -2.21. The molecule has 2 aromatic heterocycles. The van der Waals surface area contributed by atoms with E-state index in [4.69, 9.17) is 9.47 Å². The van der Waals surface area contributed by atoms with Crippen molar-refractivity contribution in [3.8, 4) is 11.5 Å². The van der Waals surface area contributed by atoms with Crippen molar-refractivity contribution in [1.29, 1.82) is 0 Å². The number of aromatic amines is 1. The maximum Gasteiger partial charge on any atom is 0.268 e. The van der Waals surface area contributed by atoms with Gasteiger partial charge in [-0.15, -0.1) is 11.3 Å². The standard InChI is InChI=1S/C17H19N3O3S/c1-20(9-11-5-4-6-13(22-2)15(11)23-3)10-14-18-12-7-8-24-16(12)17(21)19-14/h4-8H,9-10H2,1-3H3,(H,18,19,21). The minimum absolute atomic E-state index is 0.0858. The van der Waals surface area contributed by atoms with E-state index in [1.807, 2.05) is 36.7 Å². The molecular weight excluding hydrogens is 326 g/mol. The molecule has 0 saturated carbocycles. The van der Waals surface area contributed by atoms with E-state index in [1.54, 1.807) is 14.2 Å². The van der Waals surface area contributed by atoms with Gasteiger partial charge in [-0.3, -0.25) is 9.69 Å². The van der Waals surface area contributed by atoms with Gasteiger partial charge in [0.05, 0.1) is 26.3 Å². The maximum absolute atomic E-state index is 12.0. The van der Waals surface area contributed by atoms with E-state index < -0.39 is 0 Å². The number of ether oxygens (including phenoxy) is 2. The Balaban J connectivity index is 1.80. The highest BCUT2D eigenvalue weighted by Crippen LogP contribution is 2.31. The van der Waals surface area contributed by atoms with Crippen LogP contribution in [0.25, 0.3) is 10.2 Å². The van der Waals surface area contributed by atoms with Gasteiger partial charge in [-0.2, -0.15) is 0 Å². The molecule has 0 atom stereocenters. The fourth-order valence-corrected chi connectivity index (χ4v) is 3.40. The van der Waals surface area contributed by atoms with Crippen molar-refractivity contribution in [2.75, 3.05) is 21.3 Å². The highest BCUT2D eigenvalue weighted by Gasteiger charge is 2.13. The first kappa shape index (κ1) is 16.5. The normalized spacial score (nSPS) is 11.2. The zero-order valence-electron chi connectivity index (χ0n) is 13.8. The summed E-state index contributed by atoms with van der Waals surface area (Å²) in [6, 6.07) is 7.66. The number of rotatable bonds is 6. The molecular formula is C17H19N3O3S. The lowest BCUT2D eigenvalue weighted by atomic mass is 10.1. The van der Waals surface area contributed by atoms with Crippen molar-refractivity contribution < 1.29 is 9.47 Å². The molecule has 0 saturated heterocycles. The van der Waals surface area contributed by atoms with Crippen LogP contribution in [0.15, 0.2) is 34.4 Å². The number of para-hydroxylation sites is 1. The predicted molar refractivity (Wildman–Crippen MR) is 95.0 cm³/mol. The van der Waals surface area contributed by atoms with Crippen LogP contribution in [0.3, 0.4) is 0 Å². The highest BCUT2D eigenvalue weighted by molar-refractivity contribution is 7.17. The topological polar surface area (TPSA) is 67.5 Å². The molecule has 0 amide bonds. The van der Waals surface area contributed by atoms with Gasteiger partial charge >= 0.3 is 0 Å². The third-order valence-corrected chi connectivity index (χ3v) is 4.61. The number of aromatic nitrogens is 2. The summed E-state index contributed by atoms with van der Waals surface area (Å²) in [4.78, 5) is 21.5. The second-order valence-corrected chi connectivity index (χ2v) is 6.39. The number of hydrogen-bond donors (Lipinski definition) is 1. The number of nitrogens with zero attached hydrogens (tertiary/aromatic N) is 2. The van der Waals surface area contributed by atoms with Crippen LogP contribution in [0.4, 0.5) is 0 Å². The number of fused-ring (bicyclic) bond motifs is 1. The third-order valence-electron chi connectivity index (χ3n) is 3.71. The number of hydrogen-bond acceptors (Lipinski definition) is 6. The summed E-state index contributed by atoms with van der Waals surface area (Å²) in [5, 5.41) is 1.88. The molecule has 0 aliphatic heterocycles. The Morgan fingerprint density at radius 3 is 2.79 bits per heavy atom. The Morgan fingerprint density at radius 2 is 2.04 bits per heavy atom. The fourth-order valence-electron chi connectivity index (χ4n) is 2.68. The molecule has 1 aromatic carbocycles. The number of methoxy groups -OCH3 is 2. The summed E-state index contributed by atoms with van der Waals surface area (Å²) >= 11 is 1.40. The molecule has 0 fully saturated rings. The summed E-state index contributed by atoms with van der Waals surface area (Å²) in [5.41, 5.74) is 1.67. The molecule has 0 aliphatic rings. The van der Waals surface area contributed by atoms with Gasteiger partial charge in [-0.25, -0.2) is 4.98 Å².